The molecule has 3 N–H and O–H groups in total. The first kappa shape index (κ1) is 26.5. The molecule has 1 aliphatic rings. The number of ether oxygens (including phenoxy) is 1. The molecule has 2 radical (unpaired) electrons. The van der Waals surface area contributed by atoms with E-state index in [0.29, 0.717) is 24.9 Å². The number of halogens is 2. The fraction of sp³-hybridized carbons (Fsp3) is 0.364. The van der Waals surface area contributed by atoms with Crippen molar-refractivity contribution in [3.63, 3.8) is 0 Å². The van der Waals surface area contributed by atoms with E-state index in [-0.39, 0.29) is 12.6 Å². The second kappa shape index (κ2) is 15.3. The Labute approximate surface area is 196 Å². The summed E-state index contributed by atoms with van der Waals surface area (Å²) >= 11 is 6.64. The molecule has 8 heteroatoms. The van der Waals surface area contributed by atoms with Crippen LogP contribution in [0, 0.1) is 11.3 Å². The van der Waals surface area contributed by atoms with Crippen molar-refractivity contribution < 1.29 is 14.6 Å². The van der Waals surface area contributed by atoms with Gasteiger partial charge in [-0.15, -0.1) is 0 Å². The van der Waals surface area contributed by atoms with Crippen molar-refractivity contribution in [1.29, 1.82) is 5.26 Å². The van der Waals surface area contributed by atoms with Gasteiger partial charge in [-0.25, -0.2) is 0 Å². The summed E-state index contributed by atoms with van der Waals surface area (Å²) in [5.41, 5.74) is 9.08. The number of aldehydes is 1. The second-order valence-corrected chi connectivity index (χ2v) is 8.26. The number of nitrogens with two attached hydrogens (primary N) is 1. The highest BCUT2D eigenvalue weighted by Crippen LogP contribution is 2.17. The lowest BCUT2D eigenvalue weighted by atomic mass is 9.98. The third-order valence-electron chi connectivity index (χ3n) is 4.23. The molecule has 1 aliphatic heterocycles. The Morgan fingerprint density at radius 1 is 1.20 bits per heavy atom. The van der Waals surface area contributed by atoms with Crippen molar-refractivity contribution in [3.05, 3.63) is 67.6 Å². The van der Waals surface area contributed by atoms with Gasteiger partial charge in [-0.3, -0.25) is 0 Å². The topological polar surface area (TPSA) is 96.3 Å². The summed E-state index contributed by atoms with van der Waals surface area (Å²) in [6, 6.07) is 13.3. The molecule has 158 valence electrons. The fourth-order valence-electron chi connectivity index (χ4n) is 2.68. The number of carbonyl (C=O) groups is 1. The van der Waals surface area contributed by atoms with Gasteiger partial charge >= 0.3 is 0 Å². The SMILES string of the molecule is N#Cc1ccc(Br)cc1CC=O.NCc1ccc(Br)cc1CCO.[B]C1CCCO1. The minimum absolute atomic E-state index is 0.0463. The molecule has 30 heavy (non-hydrogen) atoms. The largest absolute Gasteiger partial charge is 0.396 e. The van der Waals surface area contributed by atoms with E-state index >= 15 is 0 Å². The minimum atomic E-state index is 0.0463. The van der Waals surface area contributed by atoms with Crippen molar-refractivity contribution in [2.24, 2.45) is 5.73 Å². The van der Waals surface area contributed by atoms with Gasteiger partial charge in [-0.1, -0.05) is 37.9 Å². The molecule has 0 spiro atoms. The Balaban J connectivity index is 0.000000237. The molecule has 1 atom stereocenters. The predicted octanol–water partition coefficient (Wildman–Crippen LogP) is 3.80. The maximum absolute atomic E-state index is 10.2. The lowest BCUT2D eigenvalue weighted by Crippen LogP contribution is -2.03. The highest BCUT2D eigenvalue weighted by atomic mass is 79.9. The molecule has 1 saturated heterocycles. The number of hydrogen-bond acceptors (Lipinski definition) is 5. The summed E-state index contributed by atoms with van der Waals surface area (Å²) in [6.07, 6.45) is 3.94. The number of rotatable bonds is 5. The molecule has 0 saturated carbocycles. The van der Waals surface area contributed by atoms with Gasteiger partial charge in [0.1, 0.15) is 14.1 Å². The number of hydrogen-bond donors (Lipinski definition) is 2. The van der Waals surface area contributed by atoms with E-state index in [1.165, 1.54) is 0 Å². The summed E-state index contributed by atoms with van der Waals surface area (Å²) in [7, 11) is 5.31. The van der Waals surface area contributed by atoms with Gasteiger partial charge in [0.05, 0.1) is 11.6 Å². The summed E-state index contributed by atoms with van der Waals surface area (Å²) in [4.78, 5) is 10.2. The van der Waals surface area contributed by atoms with E-state index in [1.807, 2.05) is 24.3 Å². The van der Waals surface area contributed by atoms with Crippen molar-refractivity contribution in [1.82, 2.24) is 0 Å². The Morgan fingerprint density at radius 2 is 1.87 bits per heavy atom. The number of nitrogens with zero attached hydrogens (tertiary/aromatic N) is 1. The van der Waals surface area contributed by atoms with Gasteiger partial charge < -0.3 is 20.4 Å². The number of benzene rings is 2. The number of nitriles is 1. The molecular weight excluding hydrogens is 511 g/mol. The van der Waals surface area contributed by atoms with E-state index in [4.69, 9.17) is 28.7 Å². The zero-order chi connectivity index (χ0) is 22.4. The van der Waals surface area contributed by atoms with E-state index in [2.05, 4.69) is 31.9 Å². The van der Waals surface area contributed by atoms with E-state index < -0.39 is 0 Å². The molecular formula is C22H25BBr2N2O3. The maximum atomic E-state index is 10.2. The van der Waals surface area contributed by atoms with Crippen LogP contribution in [0.3, 0.4) is 0 Å². The normalized spacial score (nSPS) is 14.6. The molecule has 3 rings (SSSR count). The van der Waals surface area contributed by atoms with Crippen LogP contribution in [0.2, 0.25) is 0 Å². The molecule has 0 bridgehead atoms. The third kappa shape index (κ3) is 10.0. The highest BCUT2D eigenvalue weighted by molar-refractivity contribution is 9.10. The first-order valence-electron chi connectivity index (χ1n) is 9.52. The molecule has 2 aromatic carbocycles. The summed E-state index contributed by atoms with van der Waals surface area (Å²) in [6.45, 7) is 1.56. The van der Waals surface area contributed by atoms with Crippen LogP contribution in [-0.2, 0) is 28.9 Å². The lowest BCUT2D eigenvalue weighted by Gasteiger charge is -2.06. The van der Waals surface area contributed by atoms with E-state index in [1.54, 1.807) is 18.2 Å². The van der Waals surface area contributed by atoms with Crippen molar-refractivity contribution in [2.45, 2.75) is 38.2 Å². The average molecular weight is 536 g/mol. The van der Waals surface area contributed by atoms with Crippen molar-refractivity contribution in [3.8, 4) is 6.07 Å². The third-order valence-corrected chi connectivity index (χ3v) is 5.21. The van der Waals surface area contributed by atoms with Gasteiger partial charge in [0, 0.05) is 41.1 Å². The highest BCUT2D eigenvalue weighted by Gasteiger charge is 2.07. The van der Waals surface area contributed by atoms with Crippen LogP contribution in [0.1, 0.15) is 35.1 Å². The molecule has 2 aromatic rings. The van der Waals surface area contributed by atoms with Gasteiger partial charge in [-0.2, -0.15) is 5.26 Å². The predicted molar refractivity (Wildman–Crippen MR) is 126 cm³/mol. The van der Waals surface area contributed by atoms with Crippen LogP contribution in [0.25, 0.3) is 0 Å². The zero-order valence-electron chi connectivity index (χ0n) is 16.7. The van der Waals surface area contributed by atoms with Gasteiger partial charge in [0.2, 0.25) is 0 Å². The van der Waals surface area contributed by atoms with Crippen LogP contribution < -0.4 is 5.73 Å². The molecule has 0 amide bonds. The maximum Gasteiger partial charge on any atom is 0.124 e. The molecule has 1 unspecified atom stereocenters. The van der Waals surface area contributed by atoms with Gasteiger partial charge in [-0.05, 0) is 66.3 Å². The first-order valence-corrected chi connectivity index (χ1v) is 11.1. The van der Waals surface area contributed by atoms with Crippen molar-refractivity contribution >= 4 is 46.0 Å². The molecule has 0 aliphatic carbocycles. The standard InChI is InChI=1S/C9H12BrNO.C9H6BrNO.C4H7BO/c2*10-9-2-1-8(6-11)7(5-9)3-4-12;5-4-2-1-3-6-4/h1-2,5,12H,3-4,6,11H2;1-2,4-5H,3H2;4H,1-3H2. The average Bonchev–Trinajstić information content (AvgIpc) is 3.21. The Kier molecular flexibility index (Phi) is 13.6. The Bertz CT molecular complexity index is 838. The first-order chi connectivity index (χ1) is 14.4. The van der Waals surface area contributed by atoms with Crippen LogP contribution in [0.15, 0.2) is 45.3 Å². The second-order valence-electron chi connectivity index (χ2n) is 6.43. The van der Waals surface area contributed by atoms with Crippen LogP contribution in [0.4, 0.5) is 0 Å². The summed E-state index contributed by atoms with van der Waals surface area (Å²) in [5, 5.41) is 17.4. The van der Waals surface area contributed by atoms with Gasteiger partial charge in [0.25, 0.3) is 0 Å². The van der Waals surface area contributed by atoms with Crippen molar-refractivity contribution in [2.75, 3.05) is 13.2 Å². The minimum Gasteiger partial charge on any atom is -0.396 e. The monoisotopic (exact) mass is 534 g/mol. The quantitative estimate of drug-likeness (QED) is 0.448. The van der Waals surface area contributed by atoms with Crippen LogP contribution in [0.5, 0.6) is 0 Å². The lowest BCUT2D eigenvalue weighted by molar-refractivity contribution is -0.107. The van der Waals surface area contributed by atoms with Crippen LogP contribution >= 0.6 is 31.9 Å². The summed E-state index contributed by atoms with van der Waals surface area (Å²) < 4.78 is 6.85. The van der Waals surface area contributed by atoms with Crippen LogP contribution in [-0.4, -0.2) is 38.5 Å². The molecule has 1 fully saturated rings. The number of aliphatic hydroxyl groups excluding tert-OH is 1. The van der Waals surface area contributed by atoms with E-state index in [9.17, 15) is 4.79 Å². The van der Waals surface area contributed by atoms with E-state index in [0.717, 1.165) is 51.4 Å². The summed E-state index contributed by atoms with van der Waals surface area (Å²) in [5.74, 6) is 0. The fourth-order valence-corrected chi connectivity index (χ4v) is 3.50. The Morgan fingerprint density at radius 3 is 2.33 bits per heavy atom. The molecule has 5 nitrogen and oxygen atoms in total. The Hall–Kier alpha value is -1.50. The molecule has 0 aromatic heterocycles. The smallest absolute Gasteiger partial charge is 0.124 e. The molecule has 1 heterocycles. The van der Waals surface area contributed by atoms with Gasteiger partial charge in [0.15, 0.2) is 0 Å². The number of aliphatic hydroxyl groups is 1. The zero-order valence-corrected chi connectivity index (χ0v) is 19.9. The number of carbonyl (C=O) groups excluding carboxylic acids is 1.